The lowest BCUT2D eigenvalue weighted by Crippen LogP contribution is -2.22. The molecule has 8 heteroatoms. The van der Waals surface area contributed by atoms with E-state index in [0.717, 1.165) is 34.0 Å². The van der Waals surface area contributed by atoms with E-state index in [-0.39, 0.29) is 12.7 Å². The summed E-state index contributed by atoms with van der Waals surface area (Å²) in [5.41, 5.74) is 4.61. The minimum absolute atomic E-state index is 0.124. The van der Waals surface area contributed by atoms with Crippen molar-refractivity contribution in [3.05, 3.63) is 95.6 Å². The van der Waals surface area contributed by atoms with E-state index in [0.29, 0.717) is 28.8 Å². The van der Waals surface area contributed by atoms with Crippen molar-refractivity contribution in [3.8, 4) is 22.8 Å². The first-order chi connectivity index (χ1) is 17.5. The molecule has 0 aliphatic carbocycles. The summed E-state index contributed by atoms with van der Waals surface area (Å²) >= 11 is 1.57. The van der Waals surface area contributed by atoms with Gasteiger partial charge in [0, 0.05) is 43.6 Å². The number of hydrogen-bond acceptors (Lipinski definition) is 7. The summed E-state index contributed by atoms with van der Waals surface area (Å²) in [5.74, 6) is 2.87. The van der Waals surface area contributed by atoms with Crippen LogP contribution in [0.4, 0.5) is 5.82 Å². The van der Waals surface area contributed by atoms with Crippen molar-refractivity contribution in [1.82, 2.24) is 15.3 Å². The molecule has 0 fully saturated rings. The summed E-state index contributed by atoms with van der Waals surface area (Å²) < 4.78 is 10.7. The summed E-state index contributed by atoms with van der Waals surface area (Å²) in [5, 5.41) is 3.67. The zero-order valence-corrected chi connectivity index (χ0v) is 20.9. The second kappa shape index (κ2) is 10.7. The number of rotatable bonds is 8. The third-order valence-corrected chi connectivity index (χ3v) is 6.61. The van der Waals surface area contributed by atoms with Gasteiger partial charge in [0.15, 0.2) is 16.7 Å². The number of carbonyl (C=O) groups is 1. The monoisotopic (exact) mass is 498 g/mol. The molecule has 1 aliphatic rings. The zero-order valence-electron chi connectivity index (χ0n) is 20.1. The molecule has 0 radical (unpaired) electrons. The number of hydrogen-bond donors (Lipinski definition) is 1. The first kappa shape index (κ1) is 23.7. The first-order valence-corrected chi connectivity index (χ1v) is 12.5. The molecule has 0 spiro atoms. The van der Waals surface area contributed by atoms with Crippen LogP contribution in [0.3, 0.4) is 0 Å². The maximum absolute atomic E-state index is 12.6. The third-order valence-electron chi connectivity index (χ3n) is 5.69. The number of carbonyl (C=O) groups excluding carboxylic acids is 1. The van der Waals surface area contributed by atoms with Crippen molar-refractivity contribution in [2.45, 2.75) is 17.5 Å². The molecule has 7 nitrogen and oxygen atoms in total. The van der Waals surface area contributed by atoms with Gasteiger partial charge in [-0.2, -0.15) is 0 Å². The van der Waals surface area contributed by atoms with Crippen LogP contribution in [0.25, 0.3) is 11.3 Å². The molecule has 0 unspecified atom stereocenters. The fourth-order valence-electron chi connectivity index (χ4n) is 3.70. The molecule has 0 atom stereocenters. The molecule has 0 bridgehead atoms. The van der Waals surface area contributed by atoms with Gasteiger partial charge in [-0.25, -0.2) is 9.97 Å². The molecular weight excluding hydrogens is 472 g/mol. The Morgan fingerprint density at radius 2 is 1.67 bits per heavy atom. The van der Waals surface area contributed by atoms with Crippen LogP contribution in [-0.2, 0) is 12.3 Å². The molecule has 4 aromatic rings. The minimum atomic E-state index is -0.124. The SMILES string of the molecule is CN(C)c1cc(-c2ccccc2)nc(SCc2ccc(C(=O)NCc3ccc4c(c3)OCO4)cc2)n1. The molecule has 1 amide bonds. The lowest BCUT2D eigenvalue weighted by Gasteiger charge is -2.14. The molecule has 1 N–H and O–H groups in total. The van der Waals surface area contributed by atoms with Gasteiger partial charge in [0.1, 0.15) is 5.82 Å². The van der Waals surface area contributed by atoms with Gasteiger partial charge in [-0.1, -0.05) is 60.3 Å². The molecule has 36 heavy (non-hydrogen) atoms. The van der Waals surface area contributed by atoms with E-state index in [9.17, 15) is 4.79 Å². The molecule has 5 rings (SSSR count). The Kier molecular flexibility index (Phi) is 7.04. The lowest BCUT2D eigenvalue weighted by atomic mass is 10.1. The molecule has 182 valence electrons. The molecule has 0 saturated carbocycles. The van der Waals surface area contributed by atoms with E-state index in [4.69, 9.17) is 19.4 Å². The lowest BCUT2D eigenvalue weighted by molar-refractivity contribution is 0.0951. The maximum Gasteiger partial charge on any atom is 0.251 e. The minimum Gasteiger partial charge on any atom is -0.454 e. The van der Waals surface area contributed by atoms with Crippen molar-refractivity contribution in [2.24, 2.45) is 0 Å². The summed E-state index contributed by atoms with van der Waals surface area (Å²) in [6.45, 7) is 0.646. The smallest absolute Gasteiger partial charge is 0.251 e. The molecule has 1 aromatic heterocycles. The first-order valence-electron chi connectivity index (χ1n) is 11.6. The van der Waals surface area contributed by atoms with Gasteiger partial charge in [-0.3, -0.25) is 4.79 Å². The summed E-state index contributed by atoms with van der Waals surface area (Å²) in [6, 6.07) is 25.4. The van der Waals surface area contributed by atoms with Gasteiger partial charge in [-0.15, -0.1) is 0 Å². The van der Waals surface area contributed by atoms with E-state index in [1.807, 2.05) is 97.9 Å². The molecule has 2 heterocycles. The third kappa shape index (κ3) is 5.60. The average Bonchev–Trinajstić information content (AvgIpc) is 3.39. The quantitative estimate of drug-likeness (QED) is 0.266. The fraction of sp³-hybridized carbons (Fsp3) is 0.179. The number of fused-ring (bicyclic) bond motifs is 1. The van der Waals surface area contributed by atoms with Gasteiger partial charge < -0.3 is 19.7 Å². The maximum atomic E-state index is 12.6. The highest BCUT2D eigenvalue weighted by Crippen LogP contribution is 2.32. The summed E-state index contributed by atoms with van der Waals surface area (Å²) in [7, 11) is 3.95. The highest BCUT2D eigenvalue weighted by Gasteiger charge is 2.14. The van der Waals surface area contributed by atoms with Crippen molar-refractivity contribution < 1.29 is 14.3 Å². The van der Waals surface area contributed by atoms with E-state index in [1.54, 1.807) is 11.8 Å². The van der Waals surface area contributed by atoms with Gasteiger partial charge in [0.25, 0.3) is 5.91 Å². The van der Waals surface area contributed by atoms with Crippen molar-refractivity contribution in [1.29, 1.82) is 0 Å². The van der Waals surface area contributed by atoms with Gasteiger partial charge in [0.05, 0.1) is 5.69 Å². The zero-order chi connectivity index (χ0) is 24.9. The van der Waals surface area contributed by atoms with Crippen molar-refractivity contribution in [2.75, 3.05) is 25.8 Å². The van der Waals surface area contributed by atoms with Crippen LogP contribution in [0.2, 0.25) is 0 Å². The molecule has 1 aliphatic heterocycles. The van der Waals surface area contributed by atoms with Crippen LogP contribution in [-0.4, -0.2) is 36.8 Å². The number of nitrogens with one attached hydrogen (secondary N) is 1. The van der Waals surface area contributed by atoms with E-state index < -0.39 is 0 Å². The highest BCUT2D eigenvalue weighted by molar-refractivity contribution is 7.98. The van der Waals surface area contributed by atoms with Gasteiger partial charge in [0.2, 0.25) is 6.79 Å². The van der Waals surface area contributed by atoms with Crippen LogP contribution >= 0.6 is 11.8 Å². The number of amides is 1. The largest absolute Gasteiger partial charge is 0.454 e. The number of benzene rings is 3. The predicted octanol–water partition coefficient (Wildman–Crippen LogP) is 5.16. The Morgan fingerprint density at radius 1 is 0.917 bits per heavy atom. The number of aromatic nitrogens is 2. The normalized spacial score (nSPS) is 11.8. The van der Waals surface area contributed by atoms with Crippen molar-refractivity contribution in [3.63, 3.8) is 0 Å². The Morgan fingerprint density at radius 3 is 2.44 bits per heavy atom. The number of thioether (sulfide) groups is 1. The Balaban J connectivity index is 1.21. The van der Waals surface area contributed by atoms with Crippen LogP contribution in [0, 0.1) is 0 Å². The topological polar surface area (TPSA) is 76.6 Å². The standard InChI is InChI=1S/C28H26N4O3S/c1-32(2)26-15-23(21-6-4-3-5-7-21)30-28(31-26)36-17-19-8-11-22(12-9-19)27(33)29-16-20-10-13-24-25(14-20)35-18-34-24/h3-15H,16-18H2,1-2H3,(H,29,33). The summed E-state index contributed by atoms with van der Waals surface area (Å²) in [6.07, 6.45) is 0. The molecular formula is C28H26N4O3S. The van der Waals surface area contributed by atoms with E-state index >= 15 is 0 Å². The Labute approximate surface area is 214 Å². The molecule has 0 saturated heterocycles. The molecule has 3 aromatic carbocycles. The van der Waals surface area contributed by atoms with Crippen LogP contribution in [0.1, 0.15) is 21.5 Å². The van der Waals surface area contributed by atoms with Crippen molar-refractivity contribution >= 4 is 23.5 Å². The van der Waals surface area contributed by atoms with Crippen LogP contribution in [0.15, 0.2) is 84.0 Å². The average molecular weight is 499 g/mol. The van der Waals surface area contributed by atoms with Gasteiger partial charge in [-0.05, 0) is 35.4 Å². The number of ether oxygens (including phenoxy) is 2. The Hall–Kier alpha value is -4.04. The highest BCUT2D eigenvalue weighted by atomic mass is 32.2. The fourth-order valence-corrected chi connectivity index (χ4v) is 4.51. The second-order valence-electron chi connectivity index (χ2n) is 8.51. The van der Waals surface area contributed by atoms with E-state index in [2.05, 4.69) is 5.32 Å². The van der Waals surface area contributed by atoms with Crippen LogP contribution < -0.4 is 19.7 Å². The second-order valence-corrected chi connectivity index (χ2v) is 9.45. The van der Waals surface area contributed by atoms with E-state index in [1.165, 1.54) is 0 Å². The van der Waals surface area contributed by atoms with Gasteiger partial charge >= 0.3 is 0 Å². The Bertz CT molecular complexity index is 1360. The predicted molar refractivity (Wildman–Crippen MR) is 142 cm³/mol. The number of anilines is 1. The number of nitrogens with zero attached hydrogens (tertiary/aromatic N) is 3. The van der Waals surface area contributed by atoms with Crippen LogP contribution in [0.5, 0.6) is 11.5 Å². The summed E-state index contributed by atoms with van der Waals surface area (Å²) in [4.78, 5) is 24.1.